The number of piperidine rings is 1. The number of benzene rings is 1. The third-order valence-electron chi connectivity index (χ3n) is 3.33. The van der Waals surface area contributed by atoms with Crippen molar-refractivity contribution in [2.24, 2.45) is 0 Å². The average molecular weight is 249 g/mol. The van der Waals surface area contributed by atoms with E-state index in [1.54, 1.807) is 11.8 Å². The topological polar surface area (TPSA) is 49.8 Å². The zero-order valence-corrected chi connectivity index (χ0v) is 10.6. The third kappa shape index (κ3) is 2.82. The Bertz CT molecular complexity index is 393. The fourth-order valence-electron chi connectivity index (χ4n) is 2.35. The van der Waals surface area contributed by atoms with Crippen LogP contribution in [0.4, 0.5) is 4.79 Å². The molecule has 1 aliphatic heterocycles. The smallest absolute Gasteiger partial charge is 0.409 e. The summed E-state index contributed by atoms with van der Waals surface area (Å²) in [6.45, 7) is 3.26. The molecule has 0 spiro atoms. The SMILES string of the molecule is CCOC(=O)N1CC[C@H](O)[C@@H](c2ccccc2)C1. The van der Waals surface area contributed by atoms with Crippen molar-refractivity contribution in [1.82, 2.24) is 4.90 Å². The number of carbonyl (C=O) groups is 1. The summed E-state index contributed by atoms with van der Waals surface area (Å²) in [5.41, 5.74) is 1.07. The molecular formula is C14H19NO3. The average Bonchev–Trinajstić information content (AvgIpc) is 2.40. The monoisotopic (exact) mass is 249 g/mol. The predicted octanol–water partition coefficient (Wildman–Crippen LogP) is 1.99. The van der Waals surface area contributed by atoms with Crippen molar-refractivity contribution in [2.45, 2.75) is 25.4 Å². The minimum atomic E-state index is -0.391. The van der Waals surface area contributed by atoms with Crippen LogP contribution in [-0.4, -0.2) is 41.9 Å². The molecule has 4 nitrogen and oxygen atoms in total. The number of aliphatic hydroxyl groups excluding tert-OH is 1. The quantitative estimate of drug-likeness (QED) is 0.872. The second-order valence-electron chi connectivity index (χ2n) is 4.52. The van der Waals surface area contributed by atoms with Crippen LogP contribution in [0.15, 0.2) is 30.3 Å². The molecule has 2 rings (SSSR count). The van der Waals surface area contributed by atoms with E-state index in [9.17, 15) is 9.90 Å². The van der Waals surface area contributed by atoms with Gasteiger partial charge in [-0.05, 0) is 18.9 Å². The van der Waals surface area contributed by atoms with Gasteiger partial charge in [0.25, 0.3) is 0 Å². The molecule has 1 saturated heterocycles. The van der Waals surface area contributed by atoms with Crippen LogP contribution in [0, 0.1) is 0 Å². The molecule has 0 saturated carbocycles. The highest BCUT2D eigenvalue weighted by atomic mass is 16.6. The predicted molar refractivity (Wildman–Crippen MR) is 68.4 cm³/mol. The highest BCUT2D eigenvalue weighted by Crippen LogP contribution is 2.27. The number of nitrogens with zero attached hydrogens (tertiary/aromatic N) is 1. The maximum atomic E-state index is 11.7. The molecule has 0 aromatic heterocycles. The molecule has 0 unspecified atom stereocenters. The minimum absolute atomic E-state index is 0.0237. The van der Waals surface area contributed by atoms with Gasteiger partial charge in [0.2, 0.25) is 0 Å². The first-order chi connectivity index (χ1) is 8.72. The first-order valence-corrected chi connectivity index (χ1v) is 6.37. The molecule has 98 valence electrons. The van der Waals surface area contributed by atoms with Gasteiger partial charge in [-0.1, -0.05) is 30.3 Å². The van der Waals surface area contributed by atoms with E-state index >= 15 is 0 Å². The highest BCUT2D eigenvalue weighted by molar-refractivity contribution is 5.67. The molecule has 1 aromatic rings. The first-order valence-electron chi connectivity index (χ1n) is 6.37. The molecule has 1 N–H and O–H groups in total. The lowest BCUT2D eigenvalue weighted by atomic mass is 9.88. The van der Waals surface area contributed by atoms with Crippen LogP contribution in [0.2, 0.25) is 0 Å². The molecule has 18 heavy (non-hydrogen) atoms. The van der Waals surface area contributed by atoms with E-state index in [1.165, 1.54) is 0 Å². The first kappa shape index (κ1) is 12.9. The van der Waals surface area contributed by atoms with Crippen LogP contribution in [0.5, 0.6) is 0 Å². The number of rotatable bonds is 2. The minimum Gasteiger partial charge on any atom is -0.450 e. The molecule has 1 amide bonds. The lowest BCUT2D eigenvalue weighted by Crippen LogP contribution is -2.45. The van der Waals surface area contributed by atoms with Gasteiger partial charge < -0.3 is 14.7 Å². The molecule has 1 aliphatic rings. The van der Waals surface area contributed by atoms with E-state index in [0.29, 0.717) is 26.1 Å². The van der Waals surface area contributed by atoms with E-state index in [1.807, 2.05) is 30.3 Å². The Morgan fingerprint density at radius 1 is 1.44 bits per heavy atom. The number of amides is 1. The fourth-order valence-corrected chi connectivity index (χ4v) is 2.35. The molecule has 1 fully saturated rings. The van der Waals surface area contributed by atoms with E-state index in [4.69, 9.17) is 4.74 Å². The van der Waals surface area contributed by atoms with E-state index in [0.717, 1.165) is 5.56 Å². The summed E-state index contributed by atoms with van der Waals surface area (Å²) in [6.07, 6.45) is -0.0818. The van der Waals surface area contributed by atoms with Gasteiger partial charge in [0.15, 0.2) is 0 Å². The summed E-state index contributed by atoms with van der Waals surface area (Å²) in [4.78, 5) is 13.4. The van der Waals surface area contributed by atoms with Gasteiger partial charge >= 0.3 is 6.09 Å². The van der Waals surface area contributed by atoms with Crippen molar-refractivity contribution in [3.05, 3.63) is 35.9 Å². The number of carbonyl (C=O) groups excluding carboxylic acids is 1. The molecule has 4 heteroatoms. The summed E-state index contributed by atoms with van der Waals surface area (Å²) in [7, 11) is 0. The van der Waals surface area contributed by atoms with Gasteiger partial charge in [-0.15, -0.1) is 0 Å². The van der Waals surface area contributed by atoms with Gasteiger partial charge in [0.05, 0.1) is 12.7 Å². The van der Waals surface area contributed by atoms with E-state index in [2.05, 4.69) is 0 Å². The fraction of sp³-hybridized carbons (Fsp3) is 0.500. The summed E-state index contributed by atoms with van der Waals surface area (Å²) in [5.74, 6) is -0.0237. The van der Waals surface area contributed by atoms with E-state index < -0.39 is 6.10 Å². The van der Waals surface area contributed by atoms with Crippen LogP contribution in [0.1, 0.15) is 24.8 Å². The molecule has 1 aromatic carbocycles. The van der Waals surface area contributed by atoms with Crippen molar-refractivity contribution < 1.29 is 14.6 Å². The number of aliphatic hydroxyl groups is 1. The zero-order valence-electron chi connectivity index (χ0n) is 10.6. The normalized spacial score (nSPS) is 23.8. The third-order valence-corrected chi connectivity index (χ3v) is 3.33. The van der Waals surface area contributed by atoms with Gasteiger partial charge in [-0.3, -0.25) is 0 Å². The molecule has 2 atom stereocenters. The van der Waals surface area contributed by atoms with Crippen LogP contribution in [0.25, 0.3) is 0 Å². The Morgan fingerprint density at radius 3 is 2.83 bits per heavy atom. The van der Waals surface area contributed by atoms with Crippen molar-refractivity contribution in [3.63, 3.8) is 0 Å². The maximum Gasteiger partial charge on any atom is 0.409 e. The van der Waals surface area contributed by atoms with Crippen molar-refractivity contribution in [2.75, 3.05) is 19.7 Å². The number of ether oxygens (including phenoxy) is 1. The van der Waals surface area contributed by atoms with Crippen LogP contribution in [-0.2, 0) is 4.74 Å². The lowest BCUT2D eigenvalue weighted by Gasteiger charge is -2.35. The van der Waals surface area contributed by atoms with Crippen molar-refractivity contribution >= 4 is 6.09 Å². The van der Waals surface area contributed by atoms with Crippen LogP contribution < -0.4 is 0 Å². The standard InChI is InChI=1S/C14H19NO3/c1-2-18-14(17)15-9-8-13(16)12(10-15)11-6-4-3-5-7-11/h3-7,12-13,16H,2,8-10H2,1H3/t12-,13+/m1/s1. The van der Waals surface area contributed by atoms with Crippen LogP contribution in [0.3, 0.4) is 0 Å². The molecule has 0 radical (unpaired) electrons. The zero-order chi connectivity index (χ0) is 13.0. The summed E-state index contributed by atoms with van der Waals surface area (Å²) in [5, 5.41) is 10.1. The number of likely N-dealkylation sites (tertiary alicyclic amines) is 1. The second-order valence-corrected chi connectivity index (χ2v) is 4.52. The van der Waals surface area contributed by atoms with Gasteiger partial charge in [0, 0.05) is 19.0 Å². The van der Waals surface area contributed by atoms with Gasteiger partial charge in [-0.25, -0.2) is 4.79 Å². The molecule has 1 heterocycles. The Morgan fingerprint density at radius 2 is 2.17 bits per heavy atom. The van der Waals surface area contributed by atoms with Crippen molar-refractivity contribution in [3.8, 4) is 0 Å². The second kappa shape index (κ2) is 5.87. The summed E-state index contributed by atoms with van der Waals surface area (Å²) < 4.78 is 5.01. The Balaban J connectivity index is 2.08. The van der Waals surface area contributed by atoms with Gasteiger partial charge in [0.1, 0.15) is 0 Å². The number of hydrogen-bond acceptors (Lipinski definition) is 3. The Hall–Kier alpha value is -1.55. The summed E-state index contributed by atoms with van der Waals surface area (Å²) >= 11 is 0. The Kier molecular flexibility index (Phi) is 4.20. The van der Waals surface area contributed by atoms with Crippen molar-refractivity contribution in [1.29, 1.82) is 0 Å². The highest BCUT2D eigenvalue weighted by Gasteiger charge is 2.31. The molecule has 0 aliphatic carbocycles. The maximum absolute atomic E-state index is 11.7. The summed E-state index contributed by atoms with van der Waals surface area (Å²) in [6, 6.07) is 9.82. The van der Waals surface area contributed by atoms with Crippen LogP contribution >= 0.6 is 0 Å². The molecular weight excluding hydrogens is 230 g/mol. The largest absolute Gasteiger partial charge is 0.450 e. The van der Waals surface area contributed by atoms with E-state index in [-0.39, 0.29) is 12.0 Å². The van der Waals surface area contributed by atoms with Gasteiger partial charge in [-0.2, -0.15) is 0 Å². The lowest BCUT2D eigenvalue weighted by molar-refractivity contribution is 0.0467. The molecule has 0 bridgehead atoms. The number of hydrogen-bond donors (Lipinski definition) is 1. The Labute approximate surface area is 107 Å².